The summed E-state index contributed by atoms with van der Waals surface area (Å²) in [5.74, 6) is 1.19. The van der Waals surface area contributed by atoms with Crippen LogP contribution in [0.2, 0.25) is 0 Å². The van der Waals surface area contributed by atoms with E-state index < -0.39 is 0 Å². The maximum absolute atomic E-state index is 9.90. The van der Waals surface area contributed by atoms with Crippen molar-refractivity contribution in [3.8, 4) is 5.75 Å². The molecule has 0 radical (unpaired) electrons. The molecule has 1 aromatic carbocycles. The number of benzene rings is 1. The molecular weight excluding hydrogens is 280 g/mol. The Morgan fingerprint density at radius 1 is 0.783 bits per heavy atom. The Morgan fingerprint density at radius 3 is 1.91 bits per heavy atom. The Morgan fingerprint density at radius 2 is 1.35 bits per heavy atom. The lowest BCUT2D eigenvalue weighted by molar-refractivity contribution is 0.418. The summed E-state index contributed by atoms with van der Waals surface area (Å²) in [6, 6.07) is 7.81. The van der Waals surface area contributed by atoms with Crippen LogP contribution in [0.4, 0.5) is 0 Å². The van der Waals surface area contributed by atoms with Gasteiger partial charge in [-0.25, -0.2) is 0 Å². The average molecular weight is 319 g/mol. The second kappa shape index (κ2) is 13.5. The van der Waals surface area contributed by atoms with Crippen molar-refractivity contribution < 1.29 is 5.11 Å². The van der Waals surface area contributed by atoms with E-state index >= 15 is 0 Å². The fraction of sp³-hybridized carbons (Fsp3) is 0.727. The molecule has 0 spiro atoms. The normalized spacial score (nSPS) is 12.4. The van der Waals surface area contributed by atoms with E-state index in [0.29, 0.717) is 5.75 Å². The summed E-state index contributed by atoms with van der Waals surface area (Å²) in [4.78, 5) is 0. The largest absolute Gasteiger partial charge is 0.508 e. The van der Waals surface area contributed by atoms with Crippen molar-refractivity contribution in [2.45, 2.75) is 97.3 Å². The molecular formula is C22H38O. The summed E-state index contributed by atoms with van der Waals surface area (Å²) >= 11 is 0. The van der Waals surface area contributed by atoms with Crippen LogP contribution >= 0.6 is 0 Å². The van der Waals surface area contributed by atoms with Gasteiger partial charge in [-0.1, -0.05) is 109 Å². The monoisotopic (exact) mass is 318 g/mol. The van der Waals surface area contributed by atoms with Crippen molar-refractivity contribution in [2.75, 3.05) is 0 Å². The molecule has 0 saturated heterocycles. The second-order valence-corrected chi connectivity index (χ2v) is 7.08. The van der Waals surface area contributed by atoms with E-state index in [0.717, 1.165) is 17.9 Å². The quantitative estimate of drug-likeness (QED) is 0.357. The maximum Gasteiger partial charge on any atom is 0.118 e. The van der Waals surface area contributed by atoms with Crippen LogP contribution in [0.1, 0.15) is 96.5 Å². The molecule has 1 heteroatoms. The van der Waals surface area contributed by atoms with Crippen molar-refractivity contribution in [3.05, 3.63) is 29.8 Å². The number of unbranched alkanes of at least 4 members (excludes halogenated alkanes) is 9. The zero-order valence-electron chi connectivity index (χ0n) is 15.5. The highest BCUT2D eigenvalue weighted by Gasteiger charge is 2.09. The summed E-state index contributed by atoms with van der Waals surface area (Å²) in [6.45, 7) is 4.56. The molecule has 0 aliphatic carbocycles. The first-order valence-electron chi connectivity index (χ1n) is 10.0. The van der Waals surface area contributed by atoms with E-state index in [4.69, 9.17) is 0 Å². The standard InChI is InChI=1S/C22H38O/c1-3-5-6-7-8-9-10-11-12-13-16-20(4-2)19-21-17-14-15-18-22(21)23/h14-15,17-18,20,23H,3-13,16,19H2,1-2H3. The van der Waals surface area contributed by atoms with Crippen molar-refractivity contribution in [3.63, 3.8) is 0 Å². The highest BCUT2D eigenvalue weighted by atomic mass is 16.3. The van der Waals surface area contributed by atoms with Gasteiger partial charge in [-0.15, -0.1) is 0 Å². The minimum atomic E-state index is 0.467. The number of phenols is 1. The lowest BCUT2D eigenvalue weighted by Crippen LogP contribution is -2.03. The SMILES string of the molecule is CCCCCCCCCCCCC(CC)Cc1ccccc1O. The highest BCUT2D eigenvalue weighted by molar-refractivity contribution is 5.31. The van der Waals surface area contributed by atoms with Gasteiger partial charge in [0.05, 0.1) is 0 Å². The van der Waals surface area contributed by atoms with Gasteiger partial charge in [0.2, 0.25) is 0 Å². The van der Waals surface area contributed by atoms with Gasteiger partial charge in [0.1, 0.15) is 5.75 Å². The molecule has 0 aliphatic rings. The van der Waals surface area contributed by atoms with Gasteiger partial charge in [-0.3, -0.25) is 0 Å². The average Bonchev–Trinajstić information content (AvgIpc) is 2.57. The molecule has 1 nitrogen and oxygen atoms in total. The Hall–Kier alpha value is -0.980. The van der Waals surface area contributed by atoms with Crippen molar-refractivity contribution in [1.82, 2.24) is 0 Å². The molecule has 0 aliphatic heterocycles. The molecule has 0 saturated carbocycles. The summed E-state index contributed by atoms with van der Waals surface area (Å²) in [7, 11) is 0. The Kier molecular flexibility index (Phi) is 11.7. The Labute approximate surface area is 144 Å². The van der Waals surface area contributed by atoms with E-state index in [2.05, 4.69) is 19.9 Å². The summed E-state index contributed by atoms with van der Waals surface area (Å²) in [5, 5.41) is 9.90. The van der Waals surface area contributed by atoms with Crippen molar-refractivity contribution >= 4 is 0 Å². The Balaban J connectivity index is 2.04. The zero-order valence-corrected chi connectivity index (χ0v) is 15.5. The minimum absolute atomic E-state index is 0.467. The maximum atomic E-state index is 9.90. The van der Waals surface area contributed by atoms with Gasteiger partial charge in [-0.2, -0.15) is 0 Å². The van der Waals surface area contributed by atoms with Crippen LogP contribution in [-0.4, -0.2) is 5.11 Å². The van der Waals surface area contributed by atoms with Crippen LogP contribution in [0.15, 0.2) is 24.3 Å². The number of rotatable bonds is 14. The van der Waals surface area contributed by atoms with E-state index in [-0.39, 0.29) is 0 Å². The Bertz CT molecular complexity index is 385. The highest BCUT2D eigenvalue weighted by Crippen LogP contribution is 2.24. The number of para-hydroxylation sites is 1. The number of aromatic hydroxyl groups is 1. The molecule has 1 atom stereocenters. The van der Waals surface area contributed by atoms with Crippen LogP contribution in [-0.2, 0) is 6.42 Å². The van der Waals surface area contributed by atoms with Crippen LogP contribution in [0.25, 0.3) is 0 Å². The molecule has 132 valence electrons. The molecule has 0 amide bonds. The number of phenolic OH excluding ortho intramolecular Hbond substituents is 1. The minimum Gasteiger partial charge on any atom is -0.508 e. The molecule has 1 unspecified atom stereocenters. The molecule has 0 heterocycles. The third-order valence-electron chi connectivity index (χ3n) is 5.04. The van der Waals surface area contributed by atoms with Crippen molar-refractivity contribution in [2.24, 2.45) is 5.92 Å². The number of hydrogen-bond donors (Lipinski definition) is 1. The van der Waals surface area contributed by atoms with Gasteiger partial charge in [0, 0.05) is 0 Å². The zero-order chi connectivity index (χ0) is 16.8. The van der Waals surface area contributed by atoms with E-state index in [1.54, 1.807) is 0 Å². The van der Waals surface area contributed by atoms with Gasteiger partial charge in [-0.05, 0) is 24.0 Å². The smallest absolute Gasteiger partial charge is 0.118 e. The van der Waals surface area contributed by atoms with Crippen molar-refractivity contribution in [1.29, 1.82) is 0 Å². The van der Waals surface area contributed by atoms with E-state index in [1.807, 2.05) is 18.2 Å². The fourth-order valence-electron chi connectivity index (χ4n) is 3.37. The molecule has 0 fully saturated rings. The third-order valence-corrected chi connectivity index (χ3v) is 5.04. The predicted octanol–water partition coefficient (Wildman–Crippen LogP) is 7.27. The molecule has 1 rings (SSSR count). The van der Waals surface area contributed by atoms with E-state index in [9.17, 15) is 5.11 Å². The summed E-state index contributed by atoms with van der Waals surface area (Å²) < 4.78 is 0. The summed E-state index contributed by atoms with van der Waals surface area (Å²) in [5.41, 5.74) is 1.12. The lowest BCUT2D eigenvalue weighted by Gasteiger charge is -2.15. The van der Waals surface area contributed by atoms with Gasteiger partial charge < -0.3 is 5.11 Å². The molecule has 1 N–H and O–H groups in total. The van der Waals surface area contributed by atoms with E-state index in [1.165, 1.54) is 77.0 Å². The van der Waals surface area contributed by atoms with Gasteiger partial charge >= 0.3 is 0 Å². The molecule has 23 heavy (non-hydrogen) atoms. The molecule has 0 bridgehead atoms. The molecule has 0 aromatic heterocycles. The number of hydrogen-bond acceptors (Lipinski definition) is 1. The van der Waals surface area contributed by atoms with Crippen LogP contribution in [0.5, 0.6) is 5.75 Å². The molecule has 1 aromatic rings. The first-order chi connectivity index (χ1) is 11.3. The topological polar surface area (TPSA) is 20.2 Å². The van der Waals surface area contributed by atoms with Gasteiger partial charge in [0.25, 0.3) is 0 Å². The third kappa shape index (κ3) is 9.69. The fourth-order valence-corrected chi connectivity index (χ4v) is 3.37. The lowest BCUT2D eigenvalue weighted by atomic mass is 9.91. The first-order valence-corrected chi connectivity index (χ1v) is 10.0. The van der Waals surface area contributed by atoms with Crippen LogP contribution in [0.3, 0.4) is 0 Å². The van der Waals surface area contributed by atoms with Crippen LogP contribution in [0, 0.1) is 5.92 Å². The van der Waals surface area contributed by atoms with Crippen LogP contribution < -0.4 is 0 Å². The first kappa shape index (κ1) is 20.1. The second-order valence-electron chi connectivity index (χ2n) is 7.08. The van der Waals surface area contributed by atoms with Gasteiger partial charge in [0.15, 0.2) is 0 Å². The predicted molar refractivity (Wildman–Crippen MR) is 102 cm³/mol. The summed E-state index contributed by atoms with van der Waals surface area (Å²) in [6.07, 6.45) is 17.6.